The van der Waals surface area contributed by atoms with E-state index >= 15 is 0 Å². The molecule has 5 rings (SSSR count). The van der Waals surface area contributed by atoms with Gasteiger partial charge in [0.1, 0.15) is 0 Å². The number of benzene rings is 1. The fourth-order valence-corrected chi connectivity index (χ4v) is 4.93. The summed E-state index contributed by atoms with van der Waals surface area (Å²) in [5.74, 6) is 0. The lowest BCUT2D eigenvalue weighted by atomic mass is 9.92. The zero-order valence-corrected chi connectivity index (χ0v) is 16.1. The molecular weight excluding hydrogens is 328 g/mol. The topological polar surface area (TPSA) is 17.0 Å². The highest BCUT2D eigenvalue weighted by molar-refractivity contribution is 5.68. The van der Waals surface area contributed by atoms with E-state index < -0.39 is 0 Å². The molecule has 1 aromatic carbocycles. The number of hydrogen-bond donors (Lipinski definition) is 1. The molecule has 0 saturated heterocycles. The molecule has 0 fully saturated rings. The van der Waals surface area contributed by atoms with Gasteiger partial charge in [-0.1, -0.05) is 36.4 Å². The fourth-order valence-electron chi connectivity index (χ4n) is 4.93. The van der Waals surface area contributed by atoms with E-state index in [9.17, 15) is 0 Å². The Morgan fingerprint density at radius 3 is 2.78 bits per heavy atom. The summed E-state index contributed by atoms with van der Waals surface area (Å²) in [6.45, 7) is 2.15. The maximum Gasteiger partial charge on any atom is 0.0522 e. The predicted octanol–water partition coefficient (Wildman–Crippen LogP) is 6.09. The highest BCUT2D eigenvalue weighted by Crippen LogP contribution is 2.38. The van der Waals surface area contributed by atoms with Crippen molar-refractivity contribution in [3.8, 4) is 0 Å². The summed E-state index contributed by atoms with van der Waals surface area (Å²) in [4.78, 5) is 0. The number of hydrogen-bond acceptors (Lipinski definition) is 1. The molecule has 1 unspecified atom stereocenters. The second kappa shape index (κ2) is 6.92. The standard InChI is InChI=1S/C25H28N2/c1-18-8-7-9-19(16-18)26-20-14-15-25-23(17-20)22-12-5-6-13-24(22)27(25)21-10-3-2-4-11-21/h3,6-10,13-16,20-21,26H,2,4-5,11-12,17H2,1H3/t20-,21?/m1/s1. The van der Waals surface area contributed by atoms with Gasteiger partial charge in [-0.15, -0.1) is 0 Å². The molecule has 2 heteroatoms. The van der Waals surface area contributed by atoms with E-state index in [1.165, 1.54) is 54.7 Å². The highest BCUT2D eigenvalue weighted by atomic mass is 15.0. The van der Waals surface area contributed by atoms with Crippen LogP contribution in [0.3, 0.4) is 0 Å². The Hall–Kier alpha value is -2.48. The van der Waals surface area contributed by atoms with Gasteiger partial charge >= 0.3 is 0 Å². The quantitative estimate of drug-likeness (QED) is 0.659. The van der Waals surface area contributed by atoms with Gasteiger partial charge in [0, 0.05) is 23.1 Å². The first-order valence-corrected chi connectivity index (χ1v) is 10.4. The summed E-state index contributed by atoms with van der Waals surface area (Å²) in [5.41, 5.74) is 8.59. The normalized spacial score (nSPS) is 23.1. The third-order valence-corrected chi connectivity index (χ3v) is 6.18. The van der Waals surface area contributed by atoms with Crippen LogP contribution < -0.4 is 5.32 Å². The SMILES string of the molecule is Cc1cccc(N[C@@H]2C=Cc3c(c4c(n3C3C=CCCC3)C=CCC4)C2)c1. The number of aromatic nitrogens is 1. The molecule has 2 aromatic rings. The van der Waals surface area contributed by atoms with Crippen LogP contribution >= 0.6 is 0 Å². The Morgan fingerprint density at radius 1 is 1.00 bits per heavy atom. The van der Waals surface area contributed by atoms with Gasteiger partial charge in [-0.3, -0.25) is 0 Å². The van der Waals surface area contributed by atoms with E-state index in [0.29, 0.717) is 12.1 Å². The lowest BCUT2D eigenvalue weighted by Gasteiger charge is -2.25. The summed E-state index contributed by atoms with van der Waals surface area (Å²) < 4.78 is 2.62. The molecule has 0 amide bonds. The summed E-state index contributed by atoms with van der Waals surface area (Å²) in [5, 5.41) is 3.73. The molecule has 0 radical (unpaired) electrons. The third kappa shape index (κ3) is 3.07. The molecule has 3 aliphatic carbocycles. The van der Waals surface area contributed by atoms with E-state index in [-0.39, 0.29) is 0 Å². The second-order valence-electron chi connectivity index (χ2n) is 8.15. The number of anilines is 1. The maximum atomic E-state index is 3.73. The van der Waals surface area contributed by atoms with E-state index in [2.05, 4.69) is 77.5 Å². The highest BCUT2D eigenvalue weighted by Gasteiger charge is 2.28. The minimum Gasteiger partial charge on any atom is -0.378 e. The molecule has 0 spiro atoms. The van der Waals surface area contributed by atoms with Gasteiger partial charge in [-0.05, 0) is 86.4 Å². The second-order valence-corrected chi connectivity index (χ2v) is 8.15. The number of allylic oxidation sites excluding steroid dienone is 3. The van der Waals surface area contributed by atoms with Crippen molar-refractivity contribution in [3.63, 3.8) is 0 Å². The Labute approximate surface area is 162 Å². The lowest BCUT2D eigenvalue weighted by Crippen LogP contribution is -2.23. The summed E-state index contributed by atoms with van der Waals surface area (Å²) in [6.07, 6.45) is 21.5. The maximum absolute atomic E-state index is 3.73. The monoisotopic (exact) mass is 356 g/mol. The van der Waals surface area contributed by atoms with E-state index in [4.69, 9.17) is 0 Å². The number of rotatable bonds is 3. The Morgan fingerprint density at radius 2 is 1.93 bits per heavy atom. The lowest BCUT2D eigenvalue weighted by molar-refractivity contribution is 0.512. The van der Waals surface area contributed by atoms with Crippen LogP contribution in [0.5, 0.6) is 0 Å². The molecular formula is C25H28N2. The van der Waals surface area contributed by atoms with Gasteiger partial charge in [-0.2, -0.15) is 0 Å². The fraction of sp³-hybridized carbons (Fsp3) is 0.360. The van der Waals surface area contributed by atoms with Crippen molar-refractivity contribution in [1.82, 2.24) is 4.57 Å². The largest absolute Gasteiger partial charge is 0.378 e. The molecule has 2 nitrogen and oxygen atoms in total. The van der Waals surface area contributed by atoms with Crippen LogP contribution in [0, 0.1) is 6.92 Å². The summed E-state index contributed by atoms with van der Waals surface area (Å²) in [7, 11) is 0. The molecule has 2 atom stereocenters. The minimum absolute atomic E-state index is 0.368. The van der Waals surface area contributed by atoms with Gasteiger partial charge in [0.15, 0.2) is 0 Å². The molecule has 27 heavy (non-hydrogen) atoms. The van der Waals surface area contributed by atoms with Gasteiger partial charge < -0.3 is 9.88 Å². The van der Waals surface area contributed by atoms with Gasteiger partial charge in [0.05, 0.1) is 6.04 Å². The van der Waals surface area contributed by atoms with Crippen LogP contribution in [0.25, 0.3) is 12.2 Å². The van der Waals surface area contributed by atoms with E-state index in [1.807, 2.05) is 0 Å². The van der Waals surface area contributed by atoms with Gasteiger partial charge in [-0.25, -0.2) is 0 Å². The van der Waals surface area contributed by atoms with Crippen LogP contribution in [-0.2, 0) is 12.8 Å². The number of nitrogens with one attached hydrogen (secondary N) is 1. The van der Waals surface area contributed by atoms with Crippen LogP contribution in [0.4, 0.5) is 5.69 Å². The van der Waals surface area contributed by atoms with Crippen molar-refractivity contribution in [1.29, 1.82) is 0 Å². The Kier molecular flexibility index (Phi) is 4.27. The first-order valence-electron chi connectivity index (χ1n) is 10.4. The van der Waals surface area contributed by atoms with Crippen LogP contribution in [-0.4, -0.2) is 10.6 Å². The first kappa shape index (κ1) is 16.7. The molecule has 0 bridgehead atoms. The molecule has 0 aliphatic heterocycles. The van der Waals surface area contributed by atoms with Crippen molar-refractivity contribution < 1.29 is 0 Å². The third-order valence-electron chi connectivity index (χ3n) is 6.18. The zero-order valence-electron chi connectivity index (χ0n) is 16.1. The predicted molar refractivity (Wildman–Crippen MR) is 115 cm³/mol. The molecule has 1 heterocycles. The van der Waals surface area contributed by atoms with Crippen molar-refractivity contribution in [2.24, 2.45) is 0 Å². The van der Waals surface area contributed by atoms with Crippen LogP contribution in [0.15, 0.2) is 48.6 Å². The average Bonchev–Trinajstić information content (AvgIpc) is 3.03. The molecule has 3 aliphatic rings. The first-order chi connectivity index (χ1) is 13.3. The smallest absolute Gasteiger partial charge is 0.0522 e. The van der Waals surface area contributed by atoms with Gasteiger partial charge in [0.25, 0.3) is 0 Å². The Balaban J connectivity index is 1.50. The summed E-state index contributed by atoms with van der Waals surface area (Å²) in [6, 6.07) is 9.58. The van der Waals surface area contributed by atoms with E-state index in [1.54, 1.807) is 11.1 Å². The summed E-state index contributed by atoms with van der Waals surface area (Å²) >= 11 is 0. The van der Waals surface area contributed by atoms with E-state index in [0.717, 1.165) is 6.42 Å². The molecule has 1 N–H and O–H groups in total. The van der Waals surface area contributed by atoms with Crippen molar-refractivity contribution in [2.75, 3.05) is 5.32 Å². The number of fused-ring (bicyclic) bond motifs is 3. The Bertz CT molecular complexity index is 941. The minimum atomic E-state index is 0.368. The number of nitrogens with zero attached hydrogens (tertiary/aromatic N) is 1. The van der Waals surface area contributed by atoms with Crippen molar-refractivity contribution in [2.45, 2.75) is 57.5 Å². The van der Waals surface area contributed by atoms with Gasteiger partial charge in [0.2, 0.25) is 0 Å². The molecule has 1 aromatic heterocycles. The zero-order chi connectivity index (χ0) is 18.2. The van der Waals surface area contributed by atoms with Crippen molar-refractivity contribution in [3.05, 3.63) is 76.6 Å². The van der Waals surface area contributed by atoms with Crippen molar-refractivity contribution >= 4 is 17.8 Å². The molecule has 0 saturated carbocycles. The van der Waals surface area contributed by atoms with Crippen LogP contribution in [0.2, 0.25) is 0 Å². The number of aryl methyl sites for hydroxylation is 1. The van der Waals surface area contributed by atoms with Crippen LogP contribution in [0.1, 0.15) is 59.8 Å². The molecule has 138 valence electrons. The average molecular weight is 357 g/mol.